The van der Waals surface area contributed by atoms with Crippen molar-refractivity contribution in [2.45, 2.75) is 102 Å². The van der Waals surface area contributed by atoms with Gasteiger partial charge in [-0.15, -0.1) is 0 Å². The fourth-order valence-electron chi connectivity index (χ4n) is 4.89. The Labute approximate surface area is 206 Å². The summed E-state index contributed by atoms with van der Waals surface area (Å²) in [7, 11) is -5.11. The molecule has 2 aliphatic heterocycles. The molecule has 6 nitrogen and oxygen atoms in total. The maximum absolute atomic E-state index is 13.4. The van der Waals surface area contributed by atoms with Crippen LogP contribution in [-0.2, 0) is 19.7 Å². The van der Waals surface area contributed by atoms with Crippen LogP contribution in [-0.4, -0.2) is 55.5 Å². The van der Waals surface area contributed by atoms with Crippen molar-refractivity contribution < 1.29 is 18.1 Å². The van der Waals surface area contributed by atoms with Gasteiger partial charge in [0.1, 0.15) is 6.10 Å². The van der Waals surface area contributed by atoms with Gasteiger partial charge in [-0.3, -0.25) is 9.68 Å². The van der Waals surface area contributed by atoms with Gasteiger partial charge < -0.3 is 0 Å². The predicted octanol–water partition coefficient (Wildman–Crippen LogP) is 6.03. The van der Waals surface area contributed by atoms with E-state index in [-0.39, 0.29) is 35.6 Å². The minimum absolute atomic E-state index is 0.104. The number of hydroxylamine groups is 3. The molecule has 2 heterocycles. The molecule has 0 N–H and O–H groups in total. The van der Waals surface area contributed by atoms with Crippen LogP contribution in [0.15, 0.2) is 24.3 Å². The van der Waals surface area contributed by atoms with Gasteiger partial charge in [0.25, 0.3) is 0 Å². The van der Waals surface area contributed by atoms with Crippen molar-refractivity contribution in [3.05, 3.63) is 34.9 Å². The first-order chi connectivity index (χ1) is 15.1. The first-order valence-corrected chi connectivity index (χ1v) is 17.7. The monoisotopic (exact) mass is 516 g/mol. The highest BCUT2D eigenvalue weighted by Crippen LogP contribution is 2.40. The summed E-state index contributed by atoms with van der Waals surface area (Å²) in [5, 5.41) is 2.73. The molecule has 2 saturated heterocycles. The zero-order valence-corrected chi connectivity index (χ0v) is 23.8. The molecule has 2 aliphatic rings. The molecule has 0 saturated carbocycles. The first kappa shape index (κ1) is 27.1. The highest BCUT2D eigenvalue weighted by molar-refractivity contribution is 7.89. The number of benzene rings is 1. The van der Waals surface area contributed by atoms with Crippen LogP contribution >= 0.6 is 11.6 Å². The Morgan fingerprint density at radius 3 is 2.21 bits per heavy atom. The number of nitrogens with zero attached hydrogens (tertiary/aromatic N) is 2. The normalized spacial score (nSPS) is 26.5. The molecule has 0 aromatic heterocycles. The molecule has 2 fully saturated rings. The van der Waals surface area contributed by atoms with E-state index in [1.165, 1.54) is 4.47 Å². The Morgan fingerprint density at radius 2 is 1.67 bits per heavy atom. The van der Waals surface area contributed by atoms with Gasteiger partial charge in [0.15, 0.2) is 0 Å². The van der Waals surface area contributed by atoms with Crippen molar-refractivity contribution in [2.75, 3.05) is 12.4 Å². The largest absolute Gasteiger partial charge is 0.296 e. The number of halogens is 1. The van der Waals surface area contributed by atoms with Crippen LogP contribution < -0.4 is 0 Å². The van der Waals surface area contributed by atoms with Crippen molar-refractivity contribution in [1.29, 1.82) is 0 Å². The van der Waals surface area contributed by atoms with Gasteiger partial charge in [0, 0.05) is 30.6 Å². The SMILES string of the molecule is CC1(C)CCCC(C)(C)N1OC[C@@H]1C[C@H](c2ccc(Cl)cc2)ON1S(=O)(=O)CC[Si](C)(C)C. The average molecular weight is 517 g/mol. The second kappa shape index (κ2) is 9.88. The van der Waals surface area contributed by atoms with E-state index in [1.54, 1.807) is 0 Å². The summed E-state index contributed by atoms with van der Waals surface area (Å²) in [5.41, 5.74) is 0.697. The van der Waals surface area contributed by atoms with Crippen LogP contribution in [0.2, 0.25) is 30.7 Å². The lowest BCUT2D eigenvalue weighted by atomic mass is 9.82. The molecule has 0 radical (unpaired) electrons. The van der Waals surface area contributed by atoms with Gasteiger partial charge in [0.05, 0.1) is 18.4 Å². The molecule has 0 spiro atoms. The van der Waals surface area contributed by atoms with Crippen molar-refractivity contribution in [2.24, 2.45) is 0 Å². The summed E-state index contributed by atoms with van der Waals surface area (Å²) < 4.78 is 28.0. The van der Waals surface area contributed by atoms with Gasteiger partial charge in [-0.2, -0.15) is 5.06 Å². The van der Waals surface area contributed by atoms with Gasteiger partial charge >= 0.3 is 0 Å². The first-order valence-electron chi connectivity index (χ1n) is 12.0. The van der Waals surface area contributed by atoms with Crippen LogP contribution in [0.25, 0.3) is 0 Å². The van der Waals surface area contributed by atoms with Gasteiger partial charge in [0.2, 0.25) is 10.0 Å². The van der Waals surface area contributed by atoms with Crippen LogP contribution in [0.5, 0.6) is 0 Å². The van der Waals surface area contributed by atoms with Gasteiger partial charge in [-0.05, 0) is 70.7 Å². The number of hydrogen-bond donors (Lipinski definition) is 0. The molecule has 1 aromatic carbocycles. The predicted molar refractivity (Wildman–Crippen MR) is 137 cm³/mol. The third-order valence-corrected chi connectivity index (χ3v) is 10.7. The van der Waals surface area contributed by atoms with Crippen molar-refractivity contribution in [3.8, 4) is 0 Å². The van der Waals surface area contributed by atoms with E-state index >= 15 is 0 Å². The zero-order chi connectivity index (χ0) is 24.7. The molecule has 33 heavy (non-hydrogen) atoms. The number of rotatable bonds is 8. The fraction of sp³-hybridized carbons (Fsp3) is 0.750. The van der Waals surface area contributed by atoms with Crippen molar-refractivity contribution >= 4 is 29.7 Å². The van der Waals surface area contributed by atoms with Crippen LogP contribution in [0, 0.1) is 0 Å². The van der Waals surface area contributed by atoms with Crippen molar-refractivity contribution in [3.63, 3.8) is 0 Å². The molecule has 3 rings (SSSR count). The Bertz CT molecular complexity index is 899. The minimum Gasteiger partial charge on any atom is -0.296 e. The van der Waals surface area contributed by atoms with E-state index in [2.05, 4.69) is 52.4 Å². The van der Waals surface area contributed by atoms with E-state index in [0.717, 1.165) is 24.8 Å². The lowest BCUT2D eigenvalue weighted by molar-refractivity contribution is -0.287. The summed E-state index contributed by atoms with van der Waals surface area (Å²) in [6.07, 6.45) is 3.44. The van der Waals surface area contributed by atoms with E-state index in [4.69, 9.17) is 21.3 Å². The second-order valence-electron chi connectivity index (χ2n) is 12.0. The molecule has 0 amide bonds. The second-order valence-corrected chi connectivity index (χ2v) is 20.0. The molecule has 2 atom stereocenters. The number of hydrogen-bond acceptors (Lipinski definition) is 5. The van der Waals surface area contributed by atoms with E-state index < -0.39 is 18.1 Å². The van der Waals surface area contributed by atoms with E-state index in [1.807, 2.05) is 24.3 Å². The molecule has 0 aliphatic carbocycles. The van der Waals surface area contributed by atoms with Crippen LogP contribution in [0.4, 0.5) is 0 Å². The Balaban J connectivity index is 1.81. The standard InChI is InChI=1S/C24H41ClN2O4SSi/c1-23(2)13-8-14-24(3,4)27(23)30-18-21-17-22(19-9-11-20(25)12-10-19)31-26(21)32(28,29)15-16-33(5,6)7/h9-12,21-22H,8,13-18H2,1-7H3/t21-,22+/m0/s1. The highest BCUT2D eigenvalue weighted by atomic mass is 35.5. The Morgan fingerprint density at radius 1 is 1.09 bits per heavy atom. The minimum atomic E-state index is -3.58. The topological polar surface area (TPSA) is 59.1 Å². The third-order valence-electron chi connectivity index (χ3n) is 6.71. The quantitative estimate of drug-likeness (QED) is 0.395. The average Bonchev–Trinajstić information content (AvgIpc) is 3.10. The summed E-state index contributed by atoms with van der Waals surface area (Å²) in [6, 6.07) is 7.74. The van der Waals surface area contributed by atoms with Crippen molar-refractivity contribution in [1.82, 2.24) is 9.53 Å². The molecular formula is C24H41ClN2O4SSi. The summed E-state index contributed by atoms with van der Waals surface area (Å²) in [4.78, 5) is 12.5. The number of piperidine rings is 1. The highest BCUT2D eigenvalue weighted by Gasteiger charge is 2.46. The molecule has 0 unspecified atom stereocenters. The van der Waals surface area contributed by atoms with Gasteiger partial charge in [-0.25, -0.2) is 8.42 Å². The molecular weight excluding hydrogens is 476 g/mol. The maximum atomic E-state index is 13.4. The summed E-state index contributed by atoms with van der Waals surface area (Å²) in [5.74, 6) is 0.104. The maximum Gasteiger partial charge on any atom is 0.236 e. The third kappa shape index (κ3) is 6.81. The zero-order valence-electron chi connectivity index (χ0n) is 21.2. The molecule has 0 bridgehead atoms. The molecule has 9 heteroatoms. The number of sulfonamides is 1. The lowest BCUT2D eigenvalue weighted by Gasteiger charge is -2.51. The Kier molecular flexibility index (Phi) is 8.11. The Hall–Kier alpha value is -0.483. The summed E-state index contributed by atoms with van der Waals surface area (Å²) >= 11 is 6.05. The van der Waals surface area contributed by atoms with E-state index in [0.29, 0.717) is 17.5 Å². The van der Waals surface area contributed by atoms with Gasteiger partial charge in [-0.1, -0.05) is 47.8 Å². The van der Waals surface area contributed by atoms with Crippen LogP contribution in [0.3, 0.4) is 0 Å². The van der Waals surface area contributed by atoms with Crippen LogP contribution in [0.1, 0.15) is 65.0 Å². The van der Waals surface area contributed by atoms with E-state index in [9.17, 15) is 8.42 Å². The fourth-order valence-corrected chi connectivity index (χ4v) is 9.52. The smallest absolute Gasteiger partial charge is 0.236 e. The molecule has 188 valence electrons. The summed E-state index contributed by atoms with van der Waals surface area (Å²) in [6.45, 7) is 15.6. The lowest BCUT2D eigenvalue weighted by Crippen LogP contribution is -2.59. The molecule has 1 aromatic rings.